The summed E-state index contributed by atoms with van der Waals surface area (Å²) in [5, 5.41) is 24.5. The van der Waals surface area contributed by atoms with Crippen LogP contribution in [0, 0.1) is 20.2 Å². The molecule has 0 aromatic heterocycles. The third-order valence-corrected chi connectivity index (χ3v) is 4.51. The molecule has 0 unspecified atom stereocenters. The number of ether oxygens (including phenoxy) is 1. The van der Waals surface area contributed by atoms with Crippen LogP contribution < -0.4 is 10.2 Å². The number of carbonyl (C=O) groups excluding carboxylic acids is 1. The minimum atomic E-state index is -0.611. The van der Waals surface area contributed by atoms with Gasteiger partial charge in [-0.15, -0.1) is 0 Å². The van der Waals surface area contributed by atoms with Gasteiger partial charge in [-0.2, -0.15) is 0 Å². The molecule has 0 aliphatic carbocycles. The van der Waals surface area contributed by atoms with E-state index in [1.807, 2.05) is 4.90 Å². The van der Waals surface area contributed by atoms with Crippen LogP contribution in [0.15, 0.2) is 36.4 Å². The number of hydrogen-bond donors (Lipinski definition) is 1. The minimum absolute atomic E-state index is 0.0542. The summed E-state index contributed by atoms with van der Waals surface area (Å²) in [6.07, 6.45) is 0. The van der Waals surface area contributed by atoms with E-state index in [2.05, 4.69) is 5.32 Å². The van der Waals surface area contributed by atoms with Crippen molar-refractivity contribution in [3.05, 3.63) is 67.2 Å². The predicted molar refractivity (Wildman–Crippen MR) is 102 cm³/mol. The fraction of sp³-hybridized carbons (Fsp3) is 0.235. The van der Waals surface area contributed by atoms with E-state index < -0.39 is 15.8 Å². The number of benzene rings is 2. The highest BCUT2D eigenvalue weighted by molar-refractivity contribution is 6.34. The second-order valence-electron chi connectivity index (χ2n) is 5.93. The zero-order valence-electron chi connectivity index (χ0n) is 14.5. The van der Waals surface area contributed by atoms with Crippen LogP contribution in [0.5, 0.6) is 0 Å². The van der Waals surface area contributed by atoms with Gasteiger partial charge in [0.2, 0.25) is 0 Å². The van der Waals surface area contributed by atoms with Crippen LogP contribution in [0.25, 0.3) is 0 Å². The summed E-state index contributed by atoms with van der Waals surface area (Å²) in [6.45, 7) is 1.96. The molecule has 1 fully saturated rings. The molecule has 1 saturated heterocycles. The predicted octanol–water partition coefficient (Wildman–Crippen LogP) is 3.25. The number of morpholine rings is 1. The van der Waals surface area contributed by atoms with Crippen LogP contribution in [0.4, 0.5) is 22.7 Å². The molecule has 0 saturated carbocycles. The van der Waals surface area contributed by atoms with E-state index in [4.69, 9.17) is 16.3 Å². The highest BCUT2D eigenvalue weighted by atomic mass is 35.5. The van der Waals surface area contributed by atoms with Gasteiger partial charge in [0.1, 0.15) is 0 Å². The number of non-ortho nitro benzene ring substituents is 2. The Hall–Kier alpha value is -3.24. The van der Waals surface area contributed by atoms with E-state index in [1.165, 1.54) is 30.3 Å². The number of anilines is 2. The molecule has 3 rings (SSSR count). The highest BCUT2D eigenvalue weighted by Crippen LogP contribution is 2.32. The fourth-order valence-electron chi connectivity index (χ4n) is 2.80. The van der Waals surface area contributed by atoms with Crippen molar-refractivity contribution < 1.29 is 19.4 Å². The summed E-state index contributed by atoms with van der Waals surface area (Å²) in [7, 11) is 0. The Morgan fingerprint density at radius 3 is 2.25 bits per heavy atom. The maximum atomic E-state index is 12.6. The maximum Gasteiger partial charge on any atom is 0.271 e. The summed E-state index contributed by atoms with van der Waals surface area (Å²) in [6, 6.07) is 7.65. The third kappa shape index (κ3) is 4.18. The fourth-order valence-corrected chi connectivity index (χ4v) is 3.06. The van der Waals surface area contributed by atoms with Gasteiger partial charge in [0.25, 0.3) is 17.3 Å². The van der Waals surface area contributed by atoms with Crippen molar-refractivity contribution >= 4 is 40.3 Å². The molecule has 28 heavy (non-hydrogen) atoms. The zero-order chi connectivity index (χ0) is 20.3. The molecule has 11 heteroatoms. The normalized spacial score (nSPS) is 13.8. The van der Waals surface area contributed by atoms with Crippen molar-refractivity contribution in [2.45, 2.75) is 0 Å². The summed E-state index contributed by atoms with van der Waals surface area (Å²) in [5.74, 6) is -0.580. The zero-order valence-corrected chi connectivity index (χ0v) is 15.2. The molecule has 2 aromatic rings. The summed E-state index contributed by atoms with van der Waals surface area (Å²) < 4.78 is 5.30. The Morgan fingerprint density at radius 1 is 1.04 bits per heavy atom. The van der Waals surface area contributed by atoms with Crippen LogP contribution in [0.2, 0.25) is 5.02 Å². The monoisotopic (exact) mass is 406 g/mol. The number of carbonyl (C=O) groups is 1. The first-order valence-electron chi connectivity index (χ1n) is 8.23. The summed E-state index contributed by atoms with van der Waals surface area (Å²) in [4.78, 5) is 35.3. The topological polar surface area (TPSA) is 128 Å². The molecule has 1 N–H and O–H groups in total. The quantitative estimate of drug-likeness (QED) is 0.596. The average molecular weight is 407 g/mol. The number of hydrogen-bond acceptors (Lipinski definition) is 7. The van der Waals surface area contributed by atoms with Crippen molar-refractivity contribution in [1.82, 2.24) is 0 Å². The van der Waals surface area contributed by atoms with Crippen molar-refractivity contribution in [3.8, 4) is 0 Å². The van der Waals surface area contributed by atoms with E-state index in [-0.39, 0.29) is 22.0 Å². The molecule has 1 amide bonds. The number of amides is 1. The molecular weight excluding hydrogens is 392 g/mol. The van der Waals surface area contributed by atoms with Crippen molar-refractivity contribution in [2.75, 3.05) is 36.5 Å². The number of nitrogens with one attached hydrogen (secondary N) is 1. The Kier molecular flexibility index (Phi) is 5.71. The van der Waals surface area contributed by atoms with Gasteiger partial charge in [-0.05, 0) is 12.1 Å². The SMILES string of the molecule is O=C(Nc1ccc([N+](=O)[O-])cc1N1CCOCC1)c1ccc([N+](=O)[O-])cc1Cl. The van der Waals surface area contributed by atoms with Gasteiger partial charge < -0.3 is 15.0 Å². The van der Waals surface area contributed by atoms with Gasteiger partial charge in [0.15, 0.2) is 0 Å². The molecule has 0 spiro atoms. The van der Waals surface area contributed by atoms with Gasteiger partial charge in [0.05, 0.1) is 45.0 Å². The van der Waals surface area contributed by atoms with E-state index in [0.29, 0.717) is 37.7 Å². The van der Waals surface area contributed by atoms with E-state index in [9.17, 15) is 25.0 Å². The molecule has 1 heterocycles. The smallest absolute Gasteiger partial charge is 0.271 e. The first kappa shape index (κ1) is 19.5. The van der Waals surface area contributed by atoms with Gasteiger partial charge in [-0.3, -0.25) is 25.0 Å². The molecule has 0 radical (unpaired) electrons. The number of nitro benzene ring substituents is 2. The maximum absolute atomic E-state index is 12.6. The van der Waals surface area contributed by atoms with Crippen LogP contribution in [0.1, 0.15) is 10.4 Å². The minimum Gasteiger partial charge on any atom is -0.378 e. The first-order chi connectivity index (χ1) is 13.4. The van der Waals surface area contributed by atoms with Gasteiger partial charge >= 0.3 is 0 Å². The lowest BCUT2D eigenvalue weighted by Crippen LogP contribution is -2.36. The lowest BCUT2D eigenvalue weighted by molar-refractivity contribution is -0.385. The van der Waals surface area contributed by atoms with Gasteiger partial charge in [-0.1, -0.05) is 11.6 Å². The third-order valence-electron chi connectivity index (χ3n) is 4.20. The average Bonchev–Trinajstić information content (AvgIpc) is 2.68. The molecule has 0 atom stereocenters. The second kappa shape index (κ2) is 8.19. The van der Waals surface area contributed by atoms with Crippen LogP contribution in [-0.4, -0.2) is 42.1 Å². The molecule has 2 aromatic carbocycles. The molecule has 10 nitrogen and oxygen atoms in total. The largest absolute Gasteiger partial charge is 0.378 e. The molecule has 1 aliphatic heterocycles. The van der Waals surface area contributed by atoms with Crippen LogP contribution >= 0.6 is 11.6 Å². The van der Waals surface area contributed by atoms with Crippen LogP contribution in [0.3, 0.4) is 0 Å². The summed E-state index contributed by atoms with van der Waals surface area (Å²) >= 11 is 6.01. The number of rotatable bonds is 5. The van der Waals surface area contributed by atoms with Gasteiger partial charge in [0, 0.05) is 37.4 Å². The second-order valence-corrected chi connectivity index (χ2v) is 6.34. The Balaban J connectivity index is 1.91. The first-order valence-corrected chi connectivity index (χ1v) is 8.61. The number of halogens is 1. The van der Waals surface area contributed by atoms with Crippen molar-refractivity contribution in [3.63, 3.8) is 0 Å². The van der Waals surface area contributed by atoms with Crippen molar-refractivity contribution in [1.29, 1.82) is 0 Å². The van der Waals surface area contributed by atoms with E-state index in [0.717, 1.165) is 6.07 Å². The number of nitrogens with zero attached hydrogens (tertiary/aromatic N) is 3. The Morgan fingerprint density at radius 2 is 1.64 bits per heavy atom. The van der Waals surface area contributed by atoms with E-state index >= 15 is 0 Å². The Labute approximate surface area is 164 Å². The van der Waals surface area contributed by atoms with Crippen molar-refractivity contribution in [2.24, 2.45) is 0 Å². The molecular formula is C17H15ClN4O6. The van der Waals surface area contributed by atoms with Gasteiger partial charge in [-0.25, -0.2) is 0 Å². The standard InChI is InChI=1S/C17H15ClN4O6/c18-14-9-11(21(24)25)1-3-13(14)17(23)19-15-4-2-12(22(26)27)10-16(15)20-5-7-28-8-6-20/h1-4,9-10H,5-8H2,(H,19,23). The summed E-state index contributed by atoms with van der Waals surface area (Å²) in [5.41, 5.74) is 0.577. The molecule has 146 valence electrons. The lowest BCUT2D eigenvalue weighted by Gasteiger charge is -2.30. The highest BCUT2D eigenvalue weighted by Gasteiger charge is 2.21. The lowest BCUT2D eigenvalue weighted by atomic mass is 10.1. The van der Waals surface area contributed by atoms with Crippen LogP contribution in [-0.2, 0) is 4.74 Å². The number of nitro groups is 2. The Bertz CT molecular complexity index is 945. The molecule has 0 bridgehead atoms. The molecule has 1 aliphatic rings. The van der Waals surface area contributed by atoms with E-state index in [1.54, 1.807) is 0 Å².